The Morgan fingerprint density at radius 2 is 2.12 bits per heavy atom. The quantitative estimate of drug-likeness (QED) is 0.805. The Hall–Kier alpha value is -1.55. The lowest BCUT2D eigenvalue weighted by atomic mass is 10.3. The van der Waals surface area contributed by atoms with Crippen molar-refractivity contribution in [2.75, 3.05) is 11.9 Å². The predicted octanol–water partition coefficient (Wildman–Crippen LogP) is 1.37. The van der Waals surface area contributed by atoms with Gasteiger partial charge in [-0.3, -0.25) is 4.79 Å². The molecule has 0 saturated heterocycles. The van der Waals surface area contributed by atoms with E-state index in [1.807, 2.05) is 31.2 Å². The SMILES string of the molecule is CCOc1ccc(NC(=O)C2CC2N)cc1. The zero-order valence-corrected chi connectivity index (χ0v) is 9.27. The Labute approximate surface area is 94.8 Å². The number of rotatable bonds is 4. The molecule has 1 amide bonds. The third-order valence-electron chi connectivity index (χ3n) is 2.61. The first-order valence-corrected chi connectivity index (χ1v) is 5.50. The molecule has 0 spiro atoms. The number of carbonyl (C=O) groups is 1. The van der Waals surface area contributed by atoms with Crippen molar-refractivity contribution < 1.29 is 9.53 Å². The summed E-state index contributed by atoms with van der Waals surface area (Å²) in [6.07, 6.45) is 0.795. The van der Waals surface area contributed by atoms with Gasteiger partial charge in [0, 0.05) is 11.7 Å². The van der Waals surface area contributed by atoms with Crippen LogP contribution >= 0.6 is 0 Å². The van der Waals surface area contributed by atoms with E-state index in [9.17, 15) is 4.79 Å². The lowest BCUT2D eigenvalue weighted by Gasteiger charge is -2.06. The van der Waals surface area contributed by atoms with Gasteiger partial charge in [-0.25, -0.2) is 0 Å². The van der Waals surface area contributed by atoms with E-state index in [0.717, 1.165) is 17.9 Å². The molecular formula is C12H16N2O2. The van der Waals surface area contributed by atoms with E-state index in [1.165, 1.54) is 0 Å². The van der Waals surface area contributed by atoms with Gasteiger partial charge in [-0.15, -0.1) is 0 Å². The lowest BCUT2D eigenvalue weighted by molar-refractivity contribution is -0.117. The van der Waals surface area contributed by atoms with Crippen LogP contribution in [0, 0.1) is 5.92 Å². The third-order valence-corrected chi connectivity index (χ3v) is 2.61. The van der Waals surface area contributed by atoms with E-state index in [0.29, 0.717) is 6.61 Å². The second-order valence-corrected chi connectivity index (χ2v) is 3.95. The standard InChI is InChI=1S/C12H16N2O2/c1-2-16-9-5-3-8(4-6-9)14-12(15)10-7-11(10)13/h3-6,10-11H,2,7,13H2,1H3,(H,14,15). The van der Waals surface area contributed by atoms with Crippen molar-refractivity contribution in [1.29, 1.82) is 0 Å². The smallest absolute Gasteiger partial charge is 0.229 e. The Bertz CT molecular complexity index is 375. The van der Waals surface area contributed by atoms with Crippen molar-refractivity contribution in [3.63, 3.8) is 0 Å². The molecule has 0 aromatic heterocycles. The summed E-state index contributed by atoms with van der Waals surface area (Å²) in [5, 5.41) is 2.83. The predicted molar refractivity (Wildman–Crippen MR) is 62.3 cm³/mol. The van der Waals surface area contributed by atoms with Crippen molar-refractivity contribution in [1.82, 2.24) is 0 Å². The molecule has 1 aromatic carbocycles. The number of nitrogens with two attached hydrogens (primary N) is 1. The van der Waals surface area contributed by atoms with E-state index in [2.05, 4.69) is 5.32 Å². The maximum absolute atomic E-state index is 11.6. The first kappa shape index (κ1) is 11.0. The highest BCUT2D eigenvalue weighted by molar-refractivity contribution is 5.94. The Kier molecular flexibility index (Phi) is 3.10. The maximum Gasteiger partial charge on any atom is 0.229 e. The molecule has 2 atom stereocenters. The molecule has 1 aromatic rings. The van der Waals surface area contributed by atoms with Gasteiger partial charge in [-0.05, 0) is 37.6 Å². The molecule has 3 N–H and O–H groups in total. The number of hydrogen-bond donors (Lipinski definition) is 2. The molecule has 4 heteroatoms. The van der Waals surface area contributed by atoms with Crippen LogP contribution in [0.1, 0.15) is 13.3 Å². The summed E-state index contributed by atoms with van der Waals surface area (Å²) >= 11 is 0. The molecule has 4 nitrogen and oxygen atoms in total. The average Bonchev–Trinajstić information content (AvgIpc) is 2.99. The number of anilines is 1. The number of benzene rings is 1. The molecule has 86 valence electrons. The van der Waals surface area contributed by atoms with Crippen molar-refractivity contribution >= 4 is 11.6 Å². The summed E-state index contributed by atoms with van der Waals surface area (Å²) in [6.45, 7) is 2.58. The summed E-state index contributed by atoms with van der Waals surface area (Å²) in [5.74, 6) is 0.812. The molecule has 0 bridgehead atoms. The molecule has 0 radical (unpaired) electrons. The van der Waals surface area contributed by atoms with Gasteiger partial charge in [0.1, 0.15) is 5.75 Å². The van der Waals surface area contributed by atoms with Gasteiger partial charge in [0.25, 0.3) is 0 Å². The summed E-state index contributed by atoms with van der Waals surface area (Å²) in [7, 11) is 0. The highest BCUT2D eigenvalue weighted by Crippen LogP contribution is 2.29. The fourth-order valence-corrected chi connectivity index (χ4v) is 1.55. The van der Waals surface area contributed by atoms with Crippen LogP contribution < -0.4 is 15.8 Å². The van der Waals surface area contributed by atoms with Crippen LogP contribution in [-0.2, 0) is 4.79 Å². The Balaban J connectivity index is 1.92. The van der Waals surface area contributed by atoms with Crippen molar-refractivity contribution in [3.05, 3.63) is 24.3 Å². The normalized spacial score (nSPS) is 22.6. The number of carbonyl (C=O) groups excluding carboxylic acids is 1. The van der Waals surface area contributed by atoms with E-state index in [1.54, 1.807) is 0 Å². The number of hydrogen-bond acceptors (Lipinski definition) is 3. The van der Waals surface area contributed by atoms with Crippen LogP contribution in [0.4, 0.5) is 5.69 Å². The Morgan fingerprint density at radius 3 is 2.62 bits per heavy atom. The van der Waals surface area contributed by atoms with Gasteiger partial charge < -0.3 is 15.8 Å². The number of ether oxygens (including phenoxy) is 1. The molecule has 1 aliphatic carbocycles. The Morgan fingerprint density at radius 1 is 1.50 bits per heavy atom. The molecule has 1 fully saturated rings. The van der Waals surface area contributed by atoms with Gasteiger partial charge in [0.05, 0.1) is 12.5 Å². The minimum Gasteiger partial charge on any atom is -0.494 e. The summed E-state index contributed by atoms with van der Waals surface area (Å²) in [6, 6.07) is 7.38. The number of amides is 1. The van der Waals surface area contributed by atoms with E-state index >= 15 is 0 Å². The van der Waals surface area contributed by atoms with Crippen LogP contribution in [0.25, 0.3) is 0 Å². The molecule has 1 aliphatic rings. The van der Waals surface area contributed by atoms with Gasteiger partial charge in [0.2, 0.25) is 5.91 Å². The van der Waals surface area contributed by atoms with Crippen LogP contribution in [-0.4, -0.2) is 18.6 Å². The second kappa shape index (κ2) is 4.53. The molecule has 0 heterocycles. The summed E-state index contributed by atoms with van der Waals surface area (Å²) in [5.41, 5.74) is 6.39. The monoisotopic (exact) mass is 220 g/mol. The highest BCUT2D eigenvalue weighted by Gasteiger charge is 2.39. The molecule has 16 heavy (non-hydrogen) atoms. The maximum atomic E-state index is 11.6. The molecule has 1 saturated carbocycles. The first-order chi connectivity index (χ1) is 7.70. The van der Waals surface area contributed by atoms with Crippen LogP contribution in [0.5, 0.6) is 5.75 Å². The number of nitrogens with one attached hydrogen (secondary N) is 1. The molecular weight excluding hydrogens is 204 g/mol. The summed E-state index contributed by atoms with van der Waals surface area (Å²) in [4.78, 5) is 11.6. The zero-order valence-electron chi connectivity index (χ0n) is 9.27. The van der Waals surface area contributed by atoms with Crippen molar-refractivity contribution in [3.8, 4) is 5.75 Å². The minimum absolute atomic E-state index is 0.00781. The molecule has 0 aliphatic heterocycles. The largest absolute Gasteiger partial charge is 0.494 e. The van der Waals surface area contributed by atoms with Crippen molar-refractivity contribution in [2.24, 2.45) is 11.7 Å². The highest BCUT2D eigenvalue weighted by atomic mass is 16.5. The fraction of sp³-hybridized carbons (Fsp3) is 0.417. The second-order valence-electron chi connectivity index (χ2n) is 3.95. The topological polar surface area (TPSA) is 64.3 Å². The summed E-state index contributed by atoms with van der Waals surface area (Å²) < 4.78 is 5.31. The average molecular weight is 220 g/mol. The van der Waals surface area contributed by atoms with E-state index in [-0.39, 0.29) is 17.9 Å². The van der Waals surface area contributed by atoms with Gasteiger partial charge in [-0.2, -0.15) is 0 Å². The first-order valence-electron chi connectivity index (χ1n) is 5.50. The minimum atomic E-state index is -0.00781. The van der Waals surface area contributed by atoms with E-state index in [4.69, 9.17) is 10.5 Å². The molecule has 2 unspecified atom stereocenters. The van der Waals surface area contributed by atoms with Crippen LogP contribution in [0.15, 0.2) is 24.3 Å². The molecule has 2 rings (SSSR count). The third kappa shape index (κ3) is 2.52. The van der Waals surface area contributed by atoms with Gasteiger partial charge in [0.15, 0.2) is 0 Å². The van der Waals surface area contributed by atoms with Crippen molar-refractivity contribution in [2.45, 2.75) is 19.4 Å². The lowest BCUT2D eigenvalue weighted by Crippen LogP contribution is -2.18. The van der Waals surface area contributed by atoms with E-state index < -0.39 is 0 Å². The van der Waals surface area contributed by atoms with Crippen LogP contribution in [0.2, 0.25) is 0 Å². The zero-order chi connectivity index (χ0) is 11.5. The van der Waals surface area contributed by atoms with Crippen LogP contribution in [0.3, 0.4) is 0 Å². The fourth-order valence-electron chi connectivity index (χ4n) is 1.55. The van der Waals surface area contributed by atoms with Gasteiger partial charge in [-0.1, -0.05) is 0 Å². The van der Waals surface area contributed by atoms with Gasteiger partial charge >= 0.3 is 0 Å².